The largest absolute Gasteiger partial charge is 0.324 e. The van der Waals surface area contributed by atoms with Crippen LogP contribution in [0.4, 0.5) is 10.1 Å². The van der Waals surface area contributed by atoms with Crippen LogP contribution in [0, 0.1) is 19.7 Å². The molecule has 0 bridgehead atoms. The zero-order valence-corrected chi connectivity index (χ0v) is 18.7. The maximum atomic E-state index is 13.3. The van der Waals surface area contributed by atoms with Crippen LogP contribution < -0.4 is 5.32 Å². The number of rotatable bonds is 7. The van der Waals surface area contributed by atoms with Crippen molar-refractivity contribution in [3.8, 4) is 0 Å². The molecule has 0 aliphatic heterocycles. The van der Waals surface area contributed by atoms with E-state index in [0.29, 0.717) is 16.3 Å². The summed E-state index contributed by atoms with van der Waals surface area (Å²) in [5.41, 5.74) is 2.95. The summed E-state index contributed by atoms with van der Waals surface area (Å²) in [5, 5.41) is 3.21. The van der Waals surface area contributed by atoms with Crippen molar-refractivity contribution in [1.29, 1.82) is 0 Å². The highest BCUT2D eigenvalue weighted by molar-refractivity contribution is 7.89. The predicted molar refractivity (Wildman–Crippen MR) is 120 cm³/mol. The van der Waals surface area contributed by atoms with Crippen molar-refractivity contribution in [3.63, 3.8) is 0 Å². The van der Waals surface area contributed by atoms with Gasteiger partial charge in [-0.05, 0) is 66.9 Å². The fraction of sp³-hybridized carbons (Fsp3) is 0.174. The average molecular weight is 461 g/mol. The van der Waals surface area contributed by atoms with E-state index in [9.17, 15) is 17.6 Å². The topological polar surface area (TPSA) is 66.5 Å². The molecule has 1 N–H and O–H groups in total. The van der Waals surface area contributed by atoms with E-state index in [0.717, 1.165) is 15.4 Å². The summed E-state index contributed by atoms with van der Waals surface area (Å²) in [7, 11) is -4.01. The van der Waals surface area contributed by atoms with Crippen molar-refractivity contribution in [2.75, 3.05) is 11.9 Å². The molecule has 0 saturated heterocycles. The number of amides is 1. The van der Waals surface area contributed by atoms with Crippen LogP contribution in [0.3, 0.4) is 0 Å². The molecule has 5 nitrogen and oxygen atoms in total. The van der Waals surface area contributed by atoms with E-state index in [1.54, 1.807) is 0 Å². The molecule has 3 rings (SSSR count). The molecule has 0 atom stereocenters. The summed E-state index contributed by atoms with van der Waals surface area (Å²) in [6.45, 7) is 3.23. The van der Waals surface area contributed by atoms with Gasteiger partial charge in [0.2, 0.25) is 15.9 Å². The van der Waals surface area contributed by atoms with E-state index in [2.05, 4.69) is 5.32 Å². The molecule has 0 heterocycles. The molecule has 8 heteroatoms. The number of hydrogen-bond donors (Lipinski definition) is 1. The number of carbonyl (C=O) groups excluding carboxylic acids is 1. The van der Waals surface area contributed by atoms with Gasteiger partial charge < -0.3 is 5.32 Å². The SMILES string of the molecule is Cc1cccc(C)c1NC(=O)CN(Cc1ccc(F)cc1)S(=O)(=O)c1ccc(Cl)cc1. The van der Waals surface area contributed by atoms with Gasteiger partial charge in [0.1, 0.15) is 5.82 Å². The van der Waals surface area contributed by atoms with Gasteiger partial charge in [0.15, 0.2) is 0 Å². The number of benzene rings is 3. The first-order chi connectivity index (χ1) is 14.7. The van der Waals surface area contributed by atoms with Crippen LogP contribution in [-0.2, 0) is 21.4 Å². The summed E-state index contributed by atoms with van der Waals surface area (Å²) in [5.74, 6) is -0.902. The number of nitrogens with one attached hydrogen (secondary N) is 1. The maximum Gasteiger partial charge on any atom is 0.243 e. The van der Waals surface area contributed by atoms with Crippen LogP contribution in [0.25, 0.3) is 0 Å². The Balaban J connectivity index is 1.90. The van der Waals surface area contributed by atoms with Crippen molar-refractivity contribution in [1.82, 2.24) is 4.31 Å². The molecule has 0 saturated carbocycles. The lowest BCUT2D eigenvalue weighted by atomic mass is 10.1. The monoisotopic (exact) mass is 460 g/mol. The molecule has 0 spiro atoms. The van der Waals surface area contributed by atoms with Crippen molar-refractivity contribution in [2.24, 2.45) is 0 Å². The minimum atomic E-state index is -4.01. The Morgan fingerprint density at radius 2 is 1.55 bits per heavy atom. The lowest BCUT2D eigenvalue weighted by Crippen LogP contribution is -2.37. The van der Waals surface area contributed by atoms with Crippen molar-refractivity contribution < 1.29 is 17.6 Å². The van der Waals surface area contributed by atoms with Crippen LogP contribution in [0.15, 0.2) is 71.6 Å². The van der Waals surface area contributed by atoms with Crippen molar-refractivity contribution in [3.05, 3.63) is 94.3 Å². The Kier molecular flexibility index (Phi) is 7.10. The molecular weight excluding hydrogens is 439 g/mol. The molecule has 1 amide bonds. The first-order valence-corrected chi connectivity index (χ1v) is 11.3. The van der Waals surface area contributed by atoms with Gasteiger partial charge in [0.25, 0.3) is 0 Å². The van der Waals surface area contributed by atoms with E-state index < -0.39 is 28.3 Å². The maximum absolute atomic E-state index is 13.3. The second kappa shape index (κ2) is 9.60. The third-order valence-corrected chi connectivity index (χ3v) is 6.85. The molecule has 3 aromatic carbocycles. The van der Waals surface area contributed by atoms with Gasteiger partial charge >= 0.3 is 0 Å². The molecule has 0 radical (unpaired) electrons. The molecule has 0 aromatic heterocycles. The van der Waals surface area contributed by atoms with E-state index in [-0.39, 0.29) is 11.4 Å². The number of para-hydroxylation sites is 1. The first-order valence-electron chi connectivity index (χ1n) is 9.53. The molecule has 0 aliphatic carbocycles. The highest BCUT2D eigenvalue weighted by Crippen LogP contribution is 2.22. The van der Waals surface area contributed by atoms with Gasteiger partial charge in [-0.2, -0.15) is 4.31 Å². The van der Waals surface area contributed by atoms with Crippen molar-refractivity contribution >= 4 is 33.2 Å². The molecular formula is C23H22ClFN2O3S. The fourth-order valence-electron chi connectivity index (χ4n) is 3.13. The van der Waals surface area contributed by atoms with Gasteiger partial charge in [-0.1, -0.05) is 41.9 Å². The van der Waals surface area contributed by atoms with Crippen molar-refractivity contribution in [2.45, 2.75) is 25.3 Å². The second-order valence-electron chi connectivity index (χ2n) is 7.17. The Hall–Kier alpha value is -2.74. The predicted octanol–water partition coefficient (Wildman–Crippen LogP) is 4.93. The normalized spacial score (nSPS) is 11.5. The highest BCUT2D eigenvalue weighted by atomic mass is 35.5. The smallest absolute Gasteiger partial charge is 0.243 e. The zero-order chi connectivity index (χ0) is 22.6. The average Bonchev–Trinajstić information content (AvgIpc) is 2.72. The third-order valence-electron chi connectivity index (χ3n) is 4.79. The van der Waals surface area contributed by atoms with E-state index in [4.69, 9.17) is 11.6 Å². The summed E-state index contributed by atoms with van der Waals surface area (Å²) < 4.78 is 40.9. The van der Waals surface area contributed by atoms with Crippen LogP contribution in [-0.4, -0.2) is 25.2 Å². The molecule has 162 valence electrons. The Morgan fingerprint density at radius 3 is 2.13 bits per heavy atom. The lowest BCUT2D eigenvalue weighted by Gasteiger charge is -2.22. The van der Waals surface area contributed by atoms with Crippen LogP contribution in [0.1, 0.15) is 16.7 Å². The fourth-order valence-corrected chi connectivity index (χ4v) is 4.64. The minimum absolute atomic E-state index is 0.0129. The highest BCUT2D eigenvalue weighted by Gasteiger charge is 2.27. The molecule has 3 aromatic rings. The quantitative estimate of drug-likeness (QED) is 0.544. The van der Waals surface area contributed by atoms with Gasteiger partial charge in [-0.15, -0.1) is 0 Å². The molecule has 0 aliphatic rings. The Labute approximate surface area is 186 Å². The third kappa shape index (κ3) is 5.70. The number of nitrogens with zero attached hydrogens (tertiary/aromatic N) is 1. The number of aryl methyl sites for hydroxylation is 2. The number of anilines is 1. The number of hydrogen-bond acceptors (Lipinski definition) is 3. The summed E-state index contributed by atoms with van der Waals surface area (Å²) in [6.07, 6.45) is 0. The molecule has 0 unspecified atom stereocenters. The number of halogens is 2. The van der Waals surface area contributed by atoms with Crippen LogP contribution in [0.2, 0.25) is 5.02 Å². The number of carbonyl (C=O) groups is 1. The van der Waals surface area contributed by atoms with E-state index >= 15 is 0 Å². The van der Waals surface area contributed by atoms with E-state index in [1.165, 1.54) is 48.5 Å². The van der Waals surface area contributed by atoms with Crippen LogP contribution >= 0.6 is 11.6 Å². The lowest BCUT2D eigenvalue weighted by molar-refractivity contribution is -0.116. The Bertz CT molecular complexity index is 1160. The van der Waals surface area contributed by atoms with Gasteiger partial charge in [-0.3, -0.25) is 4.79 Å². The Morgan fingerprint density at radius 1 is 0.968 bits per heavy atom. The summed E-state index contributed by atoms with van der Waals surface area (Å²) >= 11 is 5.88. The summed E-state index contributed by atoms with van der Waals surface area (Å²) in [6, 6.07) is 16.8. The minimum Gasteiger partial charge on any atom is -0.324 e. The first kappa shape index (κ1) is 22.9. The van der Waals surface area contributed by atoms with Crippen LogP contribution in [0.5, 0.6) is 0 Å². The number of sulfonamides is 1. The summed E-state index contributed by atoms with van der Waals surface area (Å²) in [4.78, 5) is 12.8. The van der Waals surface area contributed by atoms with Gasteiger partial charge in [0, 0.05) is 17.3 Å². The zero-order valence-electron chi connectivity index (χ0n) is 17.1. The molecule has 31 heavy (non-hydrogen) atoms. The van der Waals surface area contributed by atoms with Gasteiger partial charge in [0.05, 0.1) is 11.4 Å². The van der Waals surface area contributed by atoms with E-state index in [1.807, 2.05) is 32.0 Å². The molecule has 0 fully saturated rings. The second-order valence-corrected chi connectivity index (χ2v) is 9.54. The standard InChI is InChI=1S/C23H22ClFN2O3S/c1-16-4-3-5-17(2)23(16)26-22(28)15-27(14-18-6-10-20(25)11-7-18)31(29,30)21-12-8-19(24)9-13-21/h3-13H,14-15H2,1-2H3,(H,26,28). The van der Waals surface area contributed by atoms with Gasteiger partial charge in [-0.25, -0.2) is 12.8 Å².